The van der Waals surface area contributed by atoms with Gasteiger partial charge in [0.1, 0.15) is 0 Å². The topological polar surface area (TPSA) is 32.3 Å². The molecule has 1 unspecified atom stereocenters. The molecule has 1 aromatic rings. The molecule has 3 nitrogen and oxygen atoms in total. The van der Waals surface area contributed by atoms with Crippen molar-refractivity contribution >= 4 is 11.6 Å². The summed E-state index contributed by atoms with van der Waals surface area (Å²) in [6, 6.07) is 8.05. The fourth-order valence-corrected chi connectivity index (χ4v) is 2.09. The molecule has 0 saturated carbocycles. The zero-order valence-electron chi connectivity index (χ0n) is 9.16. The Morgan fingerprint density at radius 1 is 1.40 bits per heavy atom. The van der Waals surface area contributed by atoms with Crippen molar-refractivity contribution in [3.8, 4) is 0 Å². The van der Waals surface area contributed by atoms with Gasteiger partial charge in [0, 0.05) is 12.7 Å². The molecule has 0 fully saturated rings. The summed E-state index contributed by atoms with van der Waals surface area (Å²) in [5.74, 6) is 0.155. The Labute approximate surface area is 90.1 Å². The number of rotatable bonds is 1. The van der Waals surface area contributed by atoms with Crippen LogP contribution in [-0.2, 0) is 11.2 Å². The van der Waals surface area contributed by atoms with Crippen LogP contribution in [0.5, 0.6) is 0 Å². The van der Waals surface area contributed by atoms with Crippen LogP contribution in [0.3, 0.4) is 0 Å². The van der Waals surface area contributed by atoms with Crippen molar-refractivity contribution in [2.75, 3.05) is 19.0 Å². The summed E-state index contributed by atoms with van der Waals surface area (Å²) >= 11 is 0. The van der Waals surface area contributed by atoms with E-state index in [-0.39, 0.29) is 11.9 Å². The predicted octanol–water partition coefficient (Wildman–Crippen LogP) is 1.18. The van der Waals surface area contributed by atoms with Gasteiger partial charge >= 0.3 is 0 Å². The number of carbonyl (C=O) groups excluding carboxylic acids is 1. The lowest BCUT2D eigenvalue weighted by Gasteiger charge is -2.20. The van der Waals surface area contributed by atoms with Crippen LogP contribution in [0.15, 0.2) is 24.3 Å². The first kappa shape index (κ1) is 10.2. The van der Waals surface area contributed by atoms with Gasteiger partial charge in [-0.2, -0.15) is 0 Å². The Bertz CT molecular complexity index is 376. The highest BCUT2D eigenvalue weighted by Gasteiger charge is 2.26. The van der Waals surface area contributed by atoms with Gasteiger partial charge in [0.2, 0.25) is 5.91 Å². The molecule has 1 aliphatic rings. The molecule has 3 heteroatoms. The smallest absolute Gasteiger partial charge is 0.243 e. The average molecular weight is 204 g/mol. The molecule has 15 heavy (non-hydrogen) atoms. The van der Waals surface area contributed by atoms with E-state index in [1.807, 2.05) is 32.3 Å². The first-order valence-electron chi connectivity index (χ1n) is 5.27. The van der Waals surface area contributed by atoms with Crippen LogP contribution in [0.4, 0.5) is 5.69 Å². The Hall–Kier alpha value is -1.35. The van der Waals surface area contributed by atoms with Gasteiger partial charge in [0.05, 0.1) is 6.04 Å². The molecular formula is C12H16N2O. The van der Waals surface area contributed by atoms with E-state index < -0.39 is 0 Å². The second-order valence-corrected chi connectivity index (χ2v) is 3.91. The maximum Gasteiger partial charge on any atom is 0.243 e. The number of para-hydroxylation sites is 1. The predicted molar refractivity (Wildman–Crippen MR) is 61.0 cm³/mol. The number of anilines is 1. The van der Waals surface area contributed by atoms with Crippen molar-refractivity contribution in [2.45, 2.75) is 18.9 Å². The van der Waals surface area contributed by atoms with Gasteiger partial charge < -0.3 is 10.2 Å². The van der Waals surface area contributed by atoms with Crippen molar-refractivity contribution in [3.05, 3.63) is 29.8 Å². The van der Waals surface area contributed by atoms with Crippen LogP contribution < -0.4 is 10.2 Å². The highest BCUT2D eigenvalue weighted by molar-refractivity contribution is 5.98. The summed E-state index contributed by atoms with van der Waals surface area (Å²) in [4.78, 5) is 13.8. The molecule has 1 aromatic carbocycles. The summed E-state index contributed by atoms with van der Waals surface area (Å²) < 4.78 is 0. The third-order valence-electron chi connectivity index (χ3n) is 3.03. The molecule has 1 atom stereocenters. The number of benzene rings is 1. The number of hydrogen-bond acceptors (Lipinski definition) is 2. The minimum absolute atomic E-state index is 0.0533. The van der Waals surface area contributed by atoms with E-state index in [1.54, 1.807) is 4.90 Å². The number of aryl methyl sites for hydroxylation is 1. The lowest BCUT2D eigenvalue weighted by molar-refractivity contribution is -0.120. The number of hydrogen-bond donors (Lipinski definition) is 1. The number of likely N-dealkylation sites (N-methyl/N-ethyl adjacent to an activating group) is 2. The van der Waals surface area contributed by atoms with Crippen LogP contribution in [0.2, 0.25) is 0 Å². The van der Waals surface area contributed by atoms with Gasteiger partial charge in [0.25, 0.3) is 0 Å². The molecular weight excluding hydrogens is 188 g/mol. The van der Waals surface area contributed by atoms with E-state index in [4.69, 9.17) is 0 Å². The maximum atomic E-state index is 12.0. The number of carbonyl (C=O) groups is 1. The van der Waals surface area contributed by atoms with E-state index in [0.717, 1.165) is 18.5 Å². The lowest BCUT2D eigenvalue weighted by Crippen LogP contribution is -2.42. The summed E-state index contributed by atoms with van der Waals surface area (Å²) in [7, 11) is 3.68. The van der Waals surface area contributed by atoms with Crippen LogP contribution in [0, 0.1) is 0 Å². The number of fused-ring (bicyclic) bond motifs is 1. The van der Waals surface area contributed by atoms with Gasteiger partial charge in [-0.05, 0) is 31.5 Å². The molecule has 80 valence electrons. The Balaban J connectivity index is 2.39. The standard InChI is InChI=1S/C12H16N2O/c1-13-10-8-7-9-5-3-4-6-11(9)14(2)12(10)15/h3-6,10,13H,7-8H2,1-2H3. The maximum absolute atomic E-state index is 12.0. The second kappa shape index (κ2) is 4.03. The van der Waals surface area contributed by atoms with Crippen LogP contribution in [0.25, 0.3) is 0 Å². The normalized spacial score (nSPS) is 21.1. The van der Waals surface area contributed by atoms with Crippen LogP contribution in [0.1, 0.15) is 12.0 Å². The Morgan fingerprint density at radius 2 is 2.13 bits per heavy atom. The Morgan fingerprint density at radius 3 is 2.87 bits per heavy atom. The molecule has 1 aliphatic heterocycles. The molecule has 1 amide bonds. The van der Waals surface area contributed by atoms with E-state index in [0.29, 0.717) is 0 Å². The second-order valence-electron chi connectivity index (χ2n) is 3.91. The fraction of sp³-hybridized carbons (Fsp3) is 0.417. The van der Waals surface area contributed by atoms with Gasteiger partial charge in [-0.15, -0.1) is 0 Å². The van der Waals surface area contributed by atoms with Gasteiger partial charge in [-0.25, -0.2) is 0 Å². The summed E-state index contributed by atoms with van der Waals surface area (Å²) in [6.07, 6.45) is 1.83. The van der Waals surface area contributed by atoms with Crippen molar-refractivity contribution in [1.82, 2.24) is 5.32 Å². The zero-order valence-corrected chi connectivity index (χ0v) is 9.16. The number of amides is 1. The van der Waals surface area contributed by atoms with Crippen molar-refractivity contribution in [2.24, 2.45) is 0 Å². The molecule has 0 saturated heterocycles. The first-order valence-corrected chi connectivity index (χ1v) is 5.27. The van der Waals surface area contributed by atoms with E-state index in [9.17, 15) is 4.79 Å². The molecule has 0 radical (unpaired) electrons. The monoisotopic (exact) mass is 204 g/mol. The highest BCUT2D eigenvalue weighted by atomic mass is 16.2. The fourth-order valence-electron chi connectivity index (χ4n) is 2.09. The highest BCUT2D eigenvalue weighted by Crippen LogP contribution is 2.25. The minimum Gasteiger partial charge on any atom is -0.314 e. The van der Waals surface area contributed by atoms with E-state index in [2.05, 4.69) is 11.4 Å². The molecule has 0 spiro atoms. The van der Waals surface area contributed by atoms with Gasteiger partial charge in [-0.3, -0.25) is 4.79 Å². The molecule has 2 rings (SSSR count). The van der Waals surface area contributed by atoms with Crippen LogP contribution in [-0.4, -0.2) is 26.0 Å². The van der Waals surface area contributed by atoms with Gasteiger partial charge in [0.15, 0.2) is 0 Å². The average Bonchev–Trinajstić information content (AvgIpc) is 2.39. The quantitative estimate of drug-likeness (QED) is 0.745. The summed E-state index contributed by atoms with van der Waals surface area (Å²) in [5, 5.41) is 3.07. The van der Waals surface area contributed by atoms with Crippen molar-refractivity contribution < 1.29 is 4.79 Å². The molecule has 0 aliphatic carbocycles. The van der Waals surface area contributed by atoms with Gasteiger partial charge in [-0.1, -0.05) is 18.2 Å². The summed E-state index contributed by atoms with van der Waals surface area (Å²) in [5.41, 5.74) is 2.30. The minimum atomic E-state index is -0.0533. The van der Waals surface area contributed by atoms with Crippen molar-refractivity contribution in [1.29, 1.82) is 0 Å². The number of nitrogens with one attached hydrogen (secondary N) is 1. The largest absolute Gasteiger partial charge is 0.314 e. The van der Waals surface area contributed by atoms with E-state index >= 15 is 0 Å². The molecule has 0 bridgehead atoms. The molecule has 1 heterocycles. The summed E-state index contributed by atoms with van der Waals surface area (Å²) in [6.45, 7) is 0. The van der Waals surface area contributed by atoms with E-state index in [1.165, 1.54) is 5.56 Å². The SMILES string of the molecule is CNC1CCc2ccccc2N(C)C1=O. The zero-order chi connectivity index (χ0) is 10.8. The van der Waals surface area contributed by atoms with Crippen molar-refractivity contribution in [3.63, 3.8) is 0 Å². The first-order chi connectivity index (χ1) is 7.24. The third-order valence-corrected chi connectivity index (χ3v) is 3.03. The molecule has 1 N–H and O–H groups in total. The lowest BCUT2D eigenvalue weighted by atomic mass is 10.1. The Kier molecular flexibility index (Phi) is 2.73. The van der Waals surface area contributed by atoms with Crippen LogP contribution >= 0.6 is 0 Å². The molecule has 0 aromatic heterocycles. The number of nitrogens with zero attached hydrogens (tertiary/aromatic N) is 1. The third kappa shape index (κ3) is 1.75.